The number of amides is 1. The summed E-state index contributed by atoms with van der Waals surface area (Å²) in [5.41, 5.74) is 0.906. The standard InChI is InChI=1S/C14H9ClN4O/c15-10-7-12(18-11-4-2-1-3-9(10)11)14(20)19-13-8-16-5-6-17-13/h1-8H,(H,17,19,20). The van der Waals surface area contributed by atoms with Crippen LogP contribution in [0.5, 0.6) is 0 Å². The lowest BCUT2D eigenvalue weighted by molar-refractivity contribution is 0.102. The summed E-state index contributed by atoms with van der Waals surface area (Å²) in [6.45, 7) is 0. The van der Waals surface area contributed by atoms with Gasteiger partial charge in [0, 0.05) is 17.8 Å². The van der Waals surface area contributed by atoms with Gasteiger partial charge < -0.3 is 5.32 Å². The van der Waals surface area contributed by atoms with Crippen molar-refractivity contribution in [3.05, 3.63) is 59.6 Å². The maximum Gasteiger partial charge on any atom is 0.275 e. The van der Waals surface area contributed by atoms with Gasteiger partial charge in [-0.05, 0) is 12.1 Å². The molecule has 2 aromatic heterocycles. The first-order valence-corrected chi connectivity index (χ1v) is 6.24. The molecule has 1 aromatic carbocycles. The van der Waals surface area contributed by atoms with Crippen molar-refractivity contribution in [2.45, 2.75) is 0 Å². The first-order chi connectivity index (χ1) is 9.74. The molecule has 20 heavy (non-hydrogen) atoms. The lowest BCUT2D eigenvalue weighted by atomic mass is 10.2. The van der Waals surface area contributed by atoms with Crippen LogP contribution in [0.1, 0.15) is 10.5 Å². The number of halogens is 1. The Balaban J connectivity index is 1.96. The third-order valence-corrected chi connectivity index (χ3v) is 3.02. The van der Waals surface area contributed by atoms with Gasteiger partial charge in [0.1, 0.15) is 5.69 Å². The van der Waals surface area contributed by atoms with Crippen molar-refractivity contribution in [2.24, 2.45) is 0 Å². The van der Waals surface area contributed by atoms with Gasteiger partial charge in [-0.3, -0.25) is 9.78 Å². The third kappa shape index (κ3) is 2.44. The first kappa shape index (κ1) is 12.5. The topological polar surface area (TPSA) is 67.8 Å². The first-order valence-electron chi connectivity index (χ1n) is 5.87. The largest absolute Gasteiger partial charge is 0.304 e. The van der Waals surface area contributed by atoms with Crippen LogP contribution in [0, 0.1) is 0 Å². The fraction of sp³-hybridized carbons (Fsp3) is 0. The van der Waals surface area contributed by atoms with Gasteiger partial charge in [-0.1, -0.05) is 29.8 Å². The van der Waals surface area contributed by atoms with Gasteiger partial charge >= 0.3 is 0 Å². The molecule has 0 saturated heterocycles. The van der Waals surface area contributed by atoms with Crippen molar-refractivity contribution in [1.82, 2.24) is 15.0 Å². The van der Waals surface area contributed by atoms with E-state index < -0.39 is 0 Å². The van der Waals surface area contributed by atoms with Crippen molar-refractivity contribution in [2.75, 3.05) is 5.32 Å². The molecule has 3 aromatic rings. The van der Waals surface area contributed by atoms with E-state index in [4.69, 9.17) is 11.6 Å². The molecule has 0 aliphatic rings. The number of nitrogens with zero attached hydrogens (tertiary/aromatic N) is 3. The highest BCUT2D eigenvalue weighted by atomic mass is 35.5. The van der Waals surface area contributed by atoms with Gasteiger partial charge in [-0.15, -0.1) is 0 Å². The van der Waals surface area contributed by atoms with E-state index in [0.29, 0.717) is 16.4 Å². The molecular formula is C14H9ClN4O. The molecule has 0 saturated carbocycles. The van der Waals surface area contributed by atoms with Crippen LogP contribution in [0.2, 0.25) is 5.02 Å². The molecule has 0 aliphatic heterocycles. The number of pyridine rings is 1. The van der Waals surface area contributed by atoms with Gasteiger partial charge in [-0.25, -0.2) is 9.97 Å². The minimum absolute atomic E-state index is 0.236. The number of fused-ring (bicyclic) bond motifs is 1. The minimum Gasteiger partial charge on any atom is -0.304 e. The van der Waals surface area contributed by atoms with Crippen molar-refractivity contribution in [3.63, 3.8) is 0 Å². The Morgan fingerprint density at radius 2 is 2.05 bits per heavy atom. The summed E-state index contributed by atoms with van der Waals surface area (Å²) in [4.78, 5) is 24.2. The minimum atomic E-state index is -0.377. The number of hydrogen-bond acceptors (Lipinski definition) is 4. The summed E-state index contributed by atoms with van der Waals surface area (Å²) in [6, 6.07) is 8.91. The molecule has 1 N–H and O–H groups in total. The van der Waals surface area contributed by atoms with E-state index in [2.05, 4.69) is 20.3 Å². The number of nitrogens with one attached hydrogen (secondary N) is 1. The second-order valence-electron chi connectivity index (χ2n) is 4.05. The van der Waals surface area contributed by atoms with Gasteiger partial charge in [0.05, 0.1) is 16.7 Å². The molecule has 2 heterocycles. The summed E-state index contributed by atoms with van der Waals surface area (Å²) in [5, 5.41) is 3.91. The van der Waals surface area contributed by atoms with Crippen LogP contribution in [0.4, 0.5) is 5.82 Å². The van der Waals surface area contributed by atoms with Crippen LogP contribution in [0.3, 0.4) is 0 Å². The molecule has 98 valence electrons. The quantitative estimate of drug-likeness (QED) is 0.785. The lowest BCUT2D eigenvalue weighted by Gasteiger charge is -2.05. The predicted octanol–water partition coefficient (Wildman–Crippen LogP) is 2.93. The van der Waals surface area contributed by atoms with Crippen molar-refractivity contribution in [1.29, 1.82) is 0 Å². The molecule has 0 unspecified atom stereocenters. The molecule has 0 atom stereocenters. The van der Waals surface area contributed by atoms with Crippen LogP contribution < -0.4 is 5.32 Å². The van der Waals surface area contributed by atoms with E-state index in [-0.39, 0.29) is 11.6 Å². The highest BCUT2D eigenvalue weighted by Crippen LogP contribution is 2.23. The second kappa shape index (κ2) is 5.22. The van der Waals surface area contributed by atoms with Crippen molar-refractivity contribution >= 4 is 34.2 Å². The molecule has 5 nitrogen and oxygen atoms in total. The van der Waals surface area contributed by atoms with E-state index in [1.54, 1.807) is 6.07 Å². The van der Waals surface area contributed by atoms with Crippen LogP contribution in [-0.2, 0) is 0 Å². The van der Waals surface area contributed by atoms with E-state index >= 15 is 0 Å². The maximum absolute atomic E-state index is 12.1. The summed E-state index contributed by atoms with van der Waals surface area (Å²) in [7, 11) is 0. The maximum atomic E-state index is 12.1. The number of anilines is 1. The van der Waals surface area contributed by atoms with Gasteiger partial charge in [0.15, 0.2) is 5.82 Å². The third-order valence-electron chi connectivity index (χ3n) is 2.70. The van der Waals surface area contributed by atoms with Crippen molar-refractivity contribution < 1.29 is 4.79 Å². The number of carbonyl (C=O) groups is 1. The number of rotatable bonds is 2. The Morgan fingerprint density at radius 1 is 1.20 bits per heavy atom. The normalized spacial score (nSPS) is 10.4. The Labute approximate surface area is 119 Å². The van der Waals surface area contributed by atoms with Gasteiger partial charge in [-0.2, -0.15) is 0 Å². The van der Waals surface area contributed by atoms with Crippen LogP contribution >= 0.6 is 11.6 Å². The Morgan fingerprint density at radius 3 is 2.85 bits per heavy atom. The fourth-order valence-corrected chi connectivity index (χ4v) is 2.06. The molecule has 1 amide bonds. The molecule has 0 bridgehead atoms. The smallest absolute Gasteiger partial charge is 0.275 e. The fourth-order valence-electron chi connectivity index (χ4n) is 1.79. The van der Waals surface area contributed by atoms with Crippen LogP contribution in [-0.4, -0.2) is 20.9 Å². The van der Waals surface area contributed by atoms with Crippen molar-refractivity contribution in [3.8, 4) is 0 Å². The number of benzene rings is 1. The monoisotopic (exact) mass is 284 g/mol. The second-order valence-corrected chi connectivity index (χ2v) is 4.46. The molecule has 3 rings (SSSR count). The van der Waals surface area contributed by atoms with Gasteiger partial charge in [0.25, 0.3) is 5.91 Å². The zero-order chi connectivity index (χ0) is 13.9. The Hall–Kier alpha value is -2.53. The van der Waals surface area contributed by atoms with Crippen LogP contribution in [0.15, 0.2) is 48.9 Å². The summed E-state index contributed by atoms with van der Waals surface area (Å²) in [5.74, 6) is -0.0123. The number of carbonyl (C=O) groups excluding carboxylic acids is 1. The van der Waals surface area contributed by atoms with E-state index in [0.717, 1.165) is 5.39 Å². The zero-order valence-electron chi connectivity index (χ0n) is 10.2. The summed E-state index contributed by atoms with van der Waals surface area (Å²) >= 11 is 6.16. The molecular weight excluding hydrogens is 276 g/mol. The lowest BCUT2D eigenvalue weighted by Crippen LogP contribution is -2.14. The number of para-hydroxylation sites is 1. The SMILES string of the molecule is O=C(Nc1cnccn1)c1cc(Cl)c2ccccc2n1. The van der Waals surface area contributed by atoms with E-state index in [1.165, 1.54) is 24.7 Å². The van der Waals surface area contributed by atoms with E-state index in [9.17, 15) is 4.79 Å². The van der Waals surface area contributed by atoms with Gasteiger partial charge in [0.2, 0.25) is 0 Å². The predicted molar refractivity (Wildman–Crippen MR) is 76.7 cm³/mol. The molecule has 0 aliphatic carbocycles. The number of aromatic nitrogens is 3. The Bertz CT molecular complexity index is 776. The molecule has 6 heteroatoms. The summed E-state index contributed by atoms with van der Waals surface area (Å²) in [6.07, 6.45) is 4.48. The molecule has 0 spiro atoms. The molecule has 0 fully saturated rings. The highest BCUT2D eigenvalue weighted by Gasteiger charge is 2.11. The zero-order valence-corrected chi connectivity index (χ0v) is 11.0. The molecule has 0 radical (unpaired) electrons. The van der Waals surface area contributed by atoms with Crippen LogP contribution in [0.25, 0.3) is 10.9 Å². The average molecular weight is 285 g/mol. The highest BCUT2D eigenvalue weighted by molar-refractivity contribution is 6.35. The van der Waals surface area contributed by atoms with E-state index in [1.807, 2.05) is 18.2 Å². The summed E-state index contributed by atoms with van der Waals surface area (Å²) < 4.78 is 0. The average Bonchev–Trinajstić information content (AvgIpc) is 2.48. The number of hydrogen-bond donors (Lipinski definition) is 1. The Kier molecular flexibility index (Phi) is 3.26.